The first-order valence-corrected chi connectivity index (χ1v) is 12.1. The van der Waals surface area contributed by atoms with Crippen molar-refractivity contribution in [1.29, 1.82) is 0 Å². The van der Waals surface area contributed by atoms with Gasteiger partial charge in [0.1, 0.15) is 5.75 Å². The Balaban J connectivity index is 1.40. The minimum absolute atomic E-state index is 0.218. The molecule has 10 heteroatoms. The van der Waals surface area contributed by atoms with Crippen LogP contribution in [0.1, 0.15) is 36.5 Å². The van der Waals surface area contributed by atoms with E-state index >= 15 is 0 Å². The smallest absolute Gasteiger partial charge is 0.329 e. The maximum Gasteiger partial charge on any atom is 0.329 e. The standard InChI is InChI=1S/C27H26Cl2N4O4/c1-17(2)20-7-3-18(4-8-20)14-30-26(35)27(36)33-31-15-19-5-9-24(10-6-19)37-16-25(34)32-23-12-21(28)11-22(29)13-23/h3-13,15,17H,14,16H2,1-2H3,(H,30,35)(H,32,34)(H,33,36)/b31-15-. The van der Waals surface area contributed by atoms with E-state index in [-0.39, 0.29) is 19.1 Å². The van der Waals surface area contributed by atoms with Crippen molar-refractivity contribution in [3.8, 4) is 5.75 Å². The van der Waals surface area contributed by atoms with Crippen LogP contribution in [0.15, 0.2) is 71.8 Å². The summed E-state index contributed by atoms with van der Waals surface area (Å²) in [5.41, 5.74) is 5.40. The van der Waals surface area contributed by atoms with Gasteiger partial charge in [-0.15, -0.1) is 0 Å². The lowest BCUT2D eigenvalue weighted by Gasteiger charge is -2.08. The zero-order chi connectivity index (χ0) is 26.8. The first kappa shape index (κ1) is 27.7. The number of nitrogens with one attached hydrogen (secondary N) is 3. The van der Waals surface area contributed by atoms with E-state index in [1.807, 2.05) is 24.3 Å². The van der Waals surface area contributed by atoms with Gasteiger partial charge in [-0.1, -0.05) is 61.3 Å². The molecule has 3 aromatic rings. The number of rotatable bonds is 9. The lowest BCUT2D eigenvalue weighted by molar-refractivity contribution is -0.139. The normalized spacial score (nSPS) is 10.8. The van der Waals surface area contributed by atoms with Crippen molar-refractivity contribution >= 4 is 52.8 Å². The number of nitrogens with zero attached hydrogens (tertiary/aromatic N) is 1. The van der Waals surface area contributed by atoms with Crippen molar-refractivity contribution in [3.05, 3.63) is 93.5 Å². The summed E-state index contributed by atoms with van der Waals surface area (Å²) < 4.78 is 5.47. The van der Waals surface area contributed by atoms with E-state index in [1.165, 1.54) is 11.8 Å². The number of hydrogen-bond acceptors (Lipinski definition) is 5. The fourth-order valence-corrected chi connectivity index (χ4v) is 3.65. The van der Waals surface area contributed by atoms with Gasteiger partial charge in [0, 0.05) is 22.3 Å². The van der Waals surface area contributed by atoms with Crippen LogP contribution in [-0.4, -0.2) is 30.5 Å². The molecule has 3 aromatic carbocycles. The van der Waals surface area contributed by atoms with Gasteiger partial charge in [0.15, 0.2) is 6.61 Å². The van der Waals surface area contributed by atoms with Crippen LogP contribution in [-0.2, 0) is 20.9 Å². The second-order valence-electron chi connectivity index (χ2n) is 8.34. The van der Waals surface area contributed by atoms with Crippen LogP contribution in [0, 0.1) is 0 Å². The number of benzene rings is 3. The highest BCUT2D eigenvalue weighted by molar-refractivity contribution is 6.35. The summed E-state index contributed by atoms with van der Waals surface area (Å²) in [4.78, 5) is 36.0. The molecule has 0 aliphatic rings. The first-order valence-electron chi connectivity index (χ1n) is 11.4. The van der Waals surface area contributed by atoms with Crippen molar-refractivity contribution < 1.29 is 19.1 Å². The molecule has 37 heavy (non-hydrogen) atoms. The molecular formula is C27H26Cl2N4O4. The summed E-state index contributed by atoms with van der Waals surface area (Å²) >= 11 is 11.8. The highest BCUT2D eigenvalue weighted by Crippen LogP contribution is 2.22. The van der Waals surface area contributed by atoms with E-state index in [0.29, 0.717) is 33.0 Å². The van der Waals surface area contributed by atoms with Gasteiger partial charge in [-0.05, 0) is 65.1 Å². The molecule has 0 spiro atoms. The number of hydrazone groups is 1. The largest absolute Gasteiger partial charge is 0.484 e. The van der Waals surface area contributed by atoms with Gasteiger partial charge in [-0.2, -0.15) is 5.10 Å². The Morgan fingerprint density at radius 2 is 1.57 bits per heavy atom. The Hall–Kier alpha value is -3.88. The van der Waals surface area contributed by atoms with E-state index < -0.39 is 11.8 Å². The van der Waals surface area contributed by atoms with Gasteiger partial charge in [-0.3, -0.25) is 14.4 Å². The fraction of sp³-hybridized carbons (Fsp3) is 0.185. The van der Waals surface area contributed by atoms with Gasteiger partial charge < -0.3 is 15.4 Å². The van der Waals surface area contributed by atoms with Crippen molar-refractivity contribution in [2.75, 3.05) is 11.9 Å². The Morgan fingerprint density at radius 1 is 0.919 bits per heavy atom. The minimum atomic E-state index is -0.873. The third-order valence-corrected chi connectivity index (χ3v) is 5.52. The molecule has 8 nitrogen and oxygen atoms in total. The van der Waals surface area contributed by atoms with E-state index in [0.717, 1.165) is 5.56 Å². The topological polar surface area (TPSA) is 109 Å². The minimum Gasteiger partial charge on any atom is -0.484 e. The lowest BCUT2D eigenvalue weighted by atomic mass is 10.0. The molecule has 3 N–H and O–H groups in total. The van der Waals surface area contributed by atoms with Crippen molar-refractivity contribution in [2.24, 2.45) is 5.10 Å². The zero-order valence-electron chi connectivity index (χ0n) is 20.3. The Bertz CT molecular complexity index is 1260. The van der Waals surface area contributed by atoms with Gasteiger partial charge in [-0.25, -0.2) is 5.43 Å². The molecule has 0 heterocycles. The molecule has 0 bridgehead atoms. The lowest BCUT2D eigenvalue weighted by Crippen LogP contribution is -2.37. The molecule has 0 saturated carbocycles. The Morgan fingerprint density at radius 3 is 2.19 bits per heavy atom. The summed E-state index contributed by atoms with van der Waals surface area (Å²) in [7, 11) is 0. The number of carbonyl (C=O) groups is 3. The summed E-state index contributed by atoms with van der Waals surface area (Å²) in [5.74, 6) is -1.16. The number of hydrogen-bond donors (Lipinski definition) is 3. The molecular weight excluding hydrogens is 515 g/mol. The van der Waals surface area contributed by atoms with Crippen molar-refractivity contribution in [1.82, 2.24) is 10.7 Å². The molecule has 0 saturated heterocycles. The highest BCUT2D eigenvalue weighted by atomic mass is 35.5. The number of ether oxygens (including phenoxy) is 1. The third kappa shape index (κ3) is 9.25. The molecule has 3 rings (SSSR count). The number of anilines is 1. The predicted molar refractivity (Wildman–Crippen MR) is 145 cm³/mol. The van der Waals surface area contributed by atoms with E-state index in [4.69, 9.17) is 27.9 Å². The highest BCUT2D eigenvalue weighted by Gasteiger charge is 2.12. The second kappa shape index (κ2) is 13.4. The Kier molecular flexibility index (Phi) is 10.1. The van der Waals surface area contributed by atoms with Crippen LogP contribution < -0.4 is 20.8 Å². The summed E-state index contributed by atoms with van der Waals surface area (Å²) in [5, 5.41) is 9.83. The van der Waals surface area contributed by atoms with Gasteiger partial charge in [0.25, 0.3) is 5.91 Å². The van der Waals surface area contributed by atoms with Crippen LogP contribution in [0.3, 0.4) is 0 Å². The number of halogens is 2. The maximum atomic E-state index is 12.1. The molecule has 192 valence electrons. The van der Waals surface area contributed by atoms with Crippen molar-refractivity contribution in [2.45, 2.75) is 26.3 Å². The number of carbonyl (C=O) groups excluding carboxylic acids is 3. The second-order valence-corrected chi connectivity index (χ2v) is 9.21. The zero-order valence-corrected chi connectivity index (χ0v) is 21.8. The average molecular weight is 541 g/mol. The van der Waals surface area contributed by atoms with Crippen LogP contribution >= 0.6 is 23.2 Å². The van der Waals surface area contributed by atoms with Crippen LogP contribution in [0.2, 0.25) is 10.0 Å². The molecule has 0 fully saturated rings. The molecule has 0 unspecified atom stereocenters. The van der Waals surface area contributed by atoms with E-state index in [9.17, 15) is 14.4 Å². The molecule has 0 aliphatic heterocycles. The molecule has 0 radical (unpaired) electrons. The quantitative estimate of drug-likeness (QED) is 0.203. The maximum absolute atomic E-state index is 12.1. The van der Waals surface area contributed by atoms with E-state index in [2.05, 4.69) is 35.0 Å². The van der Waals surface area contributed by atoms with Gasteiger partial charge in [0.2, 0.25) is 0 Å². The SMILES string of the molecule is CC(C)c1ccc(CNC(=O)C(=O)N/N=C\c2ccc(OCC(=O)Nc3cc(Cl)cc(Cl)c3)cc2)cc1. The molecule has 0 aliphatic carbocycles. The monoisotopic (exact) mass is 540 g/mol. The van der Waals surface area contributed by atoms with Crippen LogP contribution in [0.4, 0.5) is 5.69 Å². The van der Waals surface area contributed by atoms with Crippen LogP contribution in [0.25, 0.3) is 0 Å². The molecule has 3 amide bonds. The summed E-state index contributed by atoms with van der Waals surface area (Å²) in [6.07, 6.45) is 1.38. The molecule has 0 atom stereocenters. The van der Waals surface area contributed by atoms with Crippen molar-refractivity contribution in [3.63, 3.8) is 0 Å². The molecule has 0 aromatic heterocycles. The Labute approximate surface area is 225 Å². The van der Waals surface area contributed by atoms with Gasteiger partial charge >= 0.3 is 11.8 Å². The number of amides is 3. The van der Waals surface area contributed by atoms with Crippen LogP contribution in [0.5, 0.6) is 5.75 Å². The average Bonchev–Trinajstić information content (AvgIpc) is 2.86. The predicted octanol–water partition coefficient (Wildman–Crippen LogP) is 4.90. The summed E-state index contributed by atoms with van der Waals surface area (Å²) in [6, 6.07) is 19.2. The third-order valence-electron chi connectivity index (χ3n) is 5.08. The summed E-state index contributed by atoms with van der Waals surface area (Å²) in [6.45, 7) is 4.23. The van der Waals surface area contributed by atoms with E-state index in [1.54, 1.807) is 42.5 Å². The first-order chi connectivity index (χ1) is 17.7. The fourth-order valence-electron chi connectivity index (χ4n) is 3.12. The van der Waals surface area contributed by atoms with Gasteiger partial charge in [0.05, 0.1) is 6.21 Å².